The van der Waals surface area contributed by atoms with Gasteiger partial charge >= 0.3 is 0 Å². The van der Waals surface area contributed by atoms with Gasteiger partial charge in [0.15, 0.2) is 0 Å². The molecule has 0 fully saturated rings. The zero-order valence-corrected chi connectivity index (χ0v) is 19.9. The first-order chi connectivity index (χ1) is 15.7. The van der Waals surface area contributed by atoms with Gasteiger partial charge in [-0.25, -0.2) is 8.42 Å². The average Bonchev–Trinajstić information content (AvgIpc) is 2.79. The van der Waals surface area contributed by atoms with Crippen molar-refractivity contribution in [1.29, 1.82) is 0 Å². The van der Waals surface area contributed by atoms with E-state index in [1.54, 1.807) is 30.3 Å². The molecule has 6 heteroatoms. The summed E-state index contributed by atoms with van der Waals surface area (Å²) < 4.78 is 28.5. The molecule has 0 spiro atoms. The van der Waals surface area contributed by atoms with E-state index in [2.05, 4.69) is 4.98 Å². The molecule has 4 rings (SSSR count). The van der Waals surface area contributed by atoms with E-state index in [9.17, 15) is 13.2 Å². The van der Waals surface area contributed by atoms with Crippen molar-refractivity contribution < 1.29 is 8.42 Å². The summed E-state index contributed by atoms with van der Waals surface area (Å²) in [5, 5.41) is 0.892. The highest BCUT2D eigenvalue weighted by molar-refractivity contribution is 7.89. The molecule has 1 N–H and O–H groups in total. The molecule has 170 valence electrons. The fraction of sp³-hybridized carbons (Fsp3) is 0.222. The van der Waals surface area contributed by atoms with Crippen molar-refractivity contribution in [2.24, 2.45) is 0 Å². The molecule has 5 nitrogen and oxygen atoms in total. The summed E-state index contributed by atoms with van der Waals surface area (Å²) in [5.74, 6) is 0. The summed E-state index contributed by atoms with van der Waals surface area (Å²) in [6.07, 6.45) is 0.551. The van der Waals surface area contributed by atoms with Crippen molar-refractivity contribution in [3.05, 3.63) is 111 Å². The van der Waals surface area contributed by atoms with Crippen LogP contribution in [0, 0.1) is 20.8 Å². The van der Waals surface area contributed by atoms with E-state index in [1.807, 2.05) is 63.2 Å². The van der Waals surface area contributed by atoms with Crippen molar-refractivity contribution in [3.63, 3.8) is 0 Å². The monoisotopic (exact) mass is 460 g/mol. The van der Waals surface area contributed by atoms with Crippen molar-refractivity contribution in [1.82, 2.24) is 9.29 Å². The minimum atomic E-state index is -3.79. The van der Waals surface area contributed by atoms with Gasteiger partial charge in [0.25, 0.3) is 5.56 Å². The largest absolute Gasteiger partial charge is 0.322 e. The van der Waals surface area contributed by atoms with E-state index in [0.717, 1.165) is 33.2 Å². The number of hydrogen-bond acceptors (Lipinski definition) is 3. The topological polar surface area (TPSA) is 70.2 Å². The predicted octanol–water partition coefficient (Wildman–Crippen LogP) is 4.89. The van der Waals surface area contributed by atoms with Crippen molar-refractivity contribution in [2.45, 2.75) is 38.6 Å². The molecular formula is C27H28N2O3S. The number of hydrogen-bond donors (Lipinski definition) is 1. The molecule has 0 saturated heterocycles. The van der Waals surface area contributed by atoms with Gasteiger partial charge in [-0.2, -0.15) is 4.31 Å². The summed E-state index contributed by atoms with van der Waals surface area (Å²) in [6.45, 7) is 6.21. The van der Waals surface area contributed by atoms with Crippen LogP contribution in [0.3, 0.4) is 0 Å². The Morgan fingerprint density at radius 3 is 2.21 bits per heavy atom. The molecule has 0 amide bonds. The molecule has 0 atom stereocenters. The molecule has 3 aromatic carbocycles. The molecule has 1 heterocycles. The minimum Gasteiger partial charge on any atom is -0.322 e. The Kier molecular flexibility index (Phi) is 6.49. The van der Waals surface area contributed by atoms with Crippen LogP contribution in [0.15, 0.2) is 82.5 Å². The molecule has 0 aliphatic rings. The maximum atomic E-state index is 13.6. The Morgan fingerprint density at radius 2 is 1.52 bits per heavy atom. The van der Waals surface area contributed by atoms with E-state index >= 15 is 0 Å². The van der Waals surface area contributed by atoms with Crippen LogP contribution in [0.5, 0.6) is 0 Å². The Bertz CT molecular complexity index is 1440. The Balaban J connectivity index is 1.72. The number of H-pyrrole nitrogens is 1. The van der Waals surface area contributed by atoms with E-state index in [0.29, 0.717) is 12.0 Å². The Labute approximate surface area is 194 Å². The lowest BCUT2D eigenvalue weighted by atomic mass is 10.0. The van der Waals surface area contributed by atoms with Crippen molar-refractivity contribution >= 4 is 20.9 Å². The van der Waals surface area contributed by atoms with Gasteiger partial charge in [-0.3, -0.25) is 4.79 Å². The van der Waals surface area contributed by atoms with E-state index in [-0.39, 0.29) is 23.5 Å². The second-order valence-corrected chi connectivity index (χ2v) is 10.5. The van der Waals surface area contributed by atoms with Gasteiger partial charge in [-0.05, 0) is 79.6 Å². The summed E-state index contributed by atoms with van der Waals surface area (Å²) in [7, 11) is -3.79. The number of aromatic amines is 1. The third-order valence-corrected chi connectivity index (χ3v) is 7.89. The fourth-order valence-corrected chi connectivity index (χ4v) is 5.29. The zero-order chi connectivity index (χ0) is 23.6. The lowest BCUT2D eigenvalue weighted by Crippen LogP contribution is -2.34. The van der Waals surface area contributed by atoms with Gasteiger partial charge in [0.2, 0.25) is 10.0 Å². The third-order valence-electron chi connectivity index (χ3n) is 6.03. The van der Waals surface area contributed by atoms with Gasteiger partial charge in [0, 0.05) is 24.2 Å². The fourth-order valence-electron chi connectivity index (χ4n) is 3.87. The van der Waals surface area contributed by atoms with Crippen molar-refractivity contribution in [2.75, 3.05) is 6.54 Å². The average molecular weight is 461 g/mol. The molecule has 0 bridgehead atoms. The number of sulfonamides is 1. The predicted molar refractivity (Wildman–Crippen MR) is 133 cm³/mol. The normalized spacial score (nSPS) is 11.9. The van der Waals surface area contributed by atoms with Crippen LogP contribution in [-0.2, 0) is 23.0 Å². The quantitative estimate of drug-likeness (QED) is 0.427. The van der Waals surface area contributed by atoms with Crippen LogP contribution in [0.25, 0.3) is 10.9 Å². The highest BCUT2D eigenvalue weighted by Crippen LogP contribution is 2.21. The first kappa shape index (κ1) is 23.0. The smallest absolute Gasteiger partial charge is 0.252 e. The highest BCUT2D eigenvalue weighted by atomic mass is 32.2. The SMILES string of the molecule is Cc1ccc(S(=O)(=O)N(CCc2ccccc2)Cc2cc3cc(C)c(C)cc3[nH]c2=O)cc1. The number of pyridine rings is 1. The van der Waals surface area contributed by atoms with E-state index in [4.69, 9.17) is 0 Å². The Morgan fingerprint density at radius 1 is 0.848 bits per heavy atom. The molecule has 0 unspecified atom stereocenters. The van der Waals surface area contributed by atoms with E-state index in [1.165, 1.54) is 4.31 Å². The number of nitrogens with one attached hydrogen (secondary N) is 1. The molecule has 1 aromatic heterocycles. The number of rotatable bonds is 7. The van der Waals surface area contributed by atoms with Crippen LogP contribution >= 0.6 is 0 Å². The molecule has 33 heavy (non-hydrogen) atoms. The minimum absolute atomic E-state index is 0.00123. The standard InChI is InChI=1S/C27H28N2O3S/c1-19-9-11-25(12-10-19)33(31,32)29(14-13-22-7-5-4-6-8-22)18-24-17-23-15-20(2)21(3)16-26(23)28-27(24)30/h4-12,15-17H,13-14,18H2,1-3H3,(H,28,30). The first-order valence-corrected chi connectivity index (χ1v) is 12.4. The molecule has 0 radical (unpaired) electrons. The Hall–Kier alpha value is -3.22. The van der Waals surface area contributed by atoms with Gasteiger partial charge in [0.1, 0.15) is 0 Å². The molecular weight excluding hydrogens is 432 g/mol. The maximum absolute atomic E-state index is 13.6. The zero-order valence-electron chi connectivity index (χ0n) is 19.1. The van der Waals surface area contributed by atoms with Crippen LogP contribution in [0.2, 0.25) is 0 Å². The highest BCUT2D eigenvalue weighted by Gasteiger charge is 2.25. The van der Waals surface area contributed by atoms with Gasteiger partial charge in [-0.1, -0.05) is 48.0 Å². The van der Waals surface area contributed by atoms with Crippen LogP contribution in [0.1, 0.15) is 27.8 Å². The lowest BCUT2D eigenvalue weighted by Gasteiger charge is -2.22. The number of aryl methyl sites for hydroxylation is 3. The molecule has 0 aliphatic heterocycles. The second-order valence-electron chi connectivity index (χ2n) is 8.53. The van der Waals surface area contributed by atoms with Crippen LogP contribution in [-0.4, -0.2) is 24.3 Å². The van der Waals surface area contributed by atoms with Crippen LogP contribution < -0.4 is 5.56 Å². The number of benzene rings is 3. The molecule has 0 saturated carbocycles. The summed E-state index contributed by atoms with van der Waals surface area (Å²) in [6, 6.07) is 22.4. The number of fused-ring (bicyclic) bond motifs is 1. The summed E-state index contributed by atoms with van der Waals surface area (Å²) in [4.78, 5) is 16.0. The van der Waals surface area contributed by atoms with E-state index < -0.39 is 10.0 Å². The maximum Gasteiger partial charge on any atom is 0.252 e. The number of nitrogens with zero attached hydrogens (tertiary/aromatic N) is 1. The van der Waals surface area contributed by atoms with Gasteiger partial charge < -0.3 is 4.98 Å². The van der Waals surface area contributed by atoms with Gasteiger partial charge in [0.05, 0.1) is 4.90 Å². The van der Waals surface area contributed by atoms with Gasteiger partial charge in [-0.15, -0.1) is 0 Å². The summed E-state index contributed by atoms with van der Waals surface area (Å²) >= 11 is 0. The van der Waals surface area contributed by atoms with Crippen LogP contribution in [0.4, 0.5) is 0 Å². The first-order valence-electron chi connectivity index (χ1n) is 11.0. The van der Waals surface area contributed by atoms with Crippen molar-refractivity contribution in [3.8, 4) is 0 Å². The third kappa shape index (κ3) is 5.07. The molecule has 4 aromatic rings. The second kappa shape index (κ2) is 9.33. The molecule has 0 aliphatic carbocycles. The summed E-state index contributed by atoms with van der Waals surface area (Å²) in [5.41, 5.74) is 5.15. The lowest BCUT2D eigenvalue weighted by molar-refractivity contribution is 0.408. The number of aromatic nitrogens is 1.